The summed E-state index contributed by atoms with van der Waals surface area (Å²) in [7, 11) is 0. The van der Waals surface area contributed by atoms with Crippen molar-refractivity contribution in [2.24, 2.45) is 0 Å². The Morgan fingerprint density at radius 2 is 1.83 bits per heavy atom. The van der Waals surface area contributed by atoms with Gasteiger partial charge in [-0.05, 0) is 66.6 Å². The largest absolute Gasteiger partial charge is 0.348 e. The van der Waals surface area contributed by atoms with Crippen LogP contribution in [0.5, 0.6) is 0 Å². The zero-order valence-electron chi connectivity index (χ0n) is 18.9. The number of hydrogen-bond acceptors (Lipinski definition) is 2. The minimum absolute atomic E-state index is 0.0482. The number of rotatable bonds is 8. The van der Waals surface area contributed by atoms with Crippen molar-refractivity contribution in [1.82, 2.24) is 4.90 Å². The number of fused-ring (bicyclic) bond motifs is 1. The SMILES string of the molecule is C=CN1CCc2cc(C(c3ccc(F)cc3)N(C=C)/C=C\C)cc(CCC)c21.CC. The zero-order valence-corrected chi connectivity index (χ0v) is 18.9. The molecule has 0 fully saturated rings. The molecule has 2 aromatic rings. The van der Waals surface area contributed by atoms with E-state index in [4.69, 9.17) is 0 Å². The van der Waals surface area contributed by atoms with Crippen molar-refractivity contribution in [1.29, 1.82) is 0 Å². The van der Waals surface area contributed by atoms with E-state index in [0.717, 1.165) is 31.4 Å². The molecule has 2 nitrogen and oxygen atoms in total. The van der Waals surface area contributed by atoms with Gasteiger partial charge in [-0.2, -0.15) is 0 Å². The normalized spacial score (nSPS) is 13.4. The summed E-state index contributed by atoms with van der Waals surface area (Å²) in [5.74, 6) is -0.221. The Hall–Kier alpha value is -2.81. The molecular formula is C27H35FN2. The van der Waals surface area contributed by atoms with E-state index < -0.39 is 0 Å². The fourth-order valence-electron chi connectivity index (χ4n) is 4.11. The van der Waals surface area contributed by atoms with Crippen molar-refractivity contribution in [2.45, 2.75) is 53.0 Å². The van der Waals surface area contributed by atoms with Gasteiger partial charge in [0, 0.05) is 18.4 Å². The summed E-state index contributed by atoms with van der Waals surface area (Å²) in [5.41, 5.74) is 6.27. The van der Waals surface area contributed by atoms with E-state index >= 15 is 0 Å². The summed E-state index contributed by atoms with van der Waals surface area (Å²) in [4.78, 5) is 4.35. The van der Waals surface area contributed by atoms with Crippen molar-refractivity contribution < 1.29 is 4.39 Å². The molecule has 1 atom stereocenters. The van der Waals surface area contributed by atoms with Gasteiger partial charge in [-0.1, -0.05) is 70.7 Å². The van der Waals surface area contributed by atoms with Crippen LogP contribution in [0.15, 0.2) is 74.2 Å². The van der Waals surface area contributed by atoms with Gasteiger partial charge in [0.1, 0.15) is 5.82 Å². The Morgan fingerprint density at radius 1 is 1.13 bits per heavy atom. The van der Waals surface area contributed by atoms with Gasteiger partial charge >= 0.3 is 0 Å². The molecule has 0 aliphatic carbocycles. The van der Waals surface area contributed by atoms with Gasteiger partial charge in [-0.3, -0.25) is 0 Å². The van der Waals surface area contributed by atoms with Gasteiger partial charge in [0.2, 0.25) is 0 Å². The highest BCUT2D eigenvalue weighted by Crippen LogP contribution is 2.38. The predicted octanol–water partition coefficient (Wildman–Crippen LogP) is 7.38. The summed E-state index contributed by atoms with van der Waals surface area (Å²) >= 11 is 0. The minimum atomic E-state index is -0.221. The molecule has 0 aromatic heterocycles. The second-order valence-electron chi connectivity index (χ2n) is 7.13. The maximum atomic E-state index is 13.5. The molecule has 3 heteroatoms. The molecule has 1 heterocycles. The average Bonchev–Trinajstić information content (AvgIpc) is 3.19. The van der Waals surface area contributed by atoms with Crippen LogP contribution >= 0.6 is 0 Å². The van der Waals surface area contributed by atoms with Crippen LogP contribution in [0, 0.1) is 5.82 Å². The van der Waals surface area contributed by atoms with E-state index in [9.17, 15) is 4.39 Å². The number of halogens is 1. The van der Waals surface area contributed by atoms with Crippen LogP contribution in [0.25, 0.3) is 0 Å². The average molecular weight is 407 g/mol. The van der Waals surface area contributed by atoms with E-state index in [1.807, 2.05) is 57.6 Å². The Morgan fingerprint density at radius 3 is 2.40 bits per heavy atom. The second-order valence-corrected chi connectivity index (χ2v) is 7.13. The van der Waals surface area contributed by atoms with Gasteiger partial charge in [0.15, 0.2) is 0 Å². The molecule has 2 aromatic carbocycles. The predicted molar refractivity (Wildman–Crippen MR) is 128 cm³/mol. The van der Waals surface area contributed by atoms with Gasteiger partial charge in [-0.15, -0.1) is 0 Å². The highest BCUT2D eigenvalue weighted by Gasteiger charge is 2.25. The minimum Gasteiger partial charge on any atom is -0.348 e. The van der Waals surface area contributed by atoms with E-state index in [0.29, 0.717) is 0 Å². The number of hydrogen-bond donors (Lipinski definition) is 0. The fraction of sp³-hybridized carbons (Fsp3) is 0.333. The molecule has 30 heavy (non-hydrogen) atoms. The Bertz CT molecular complexity index is 867. The van der Waals surface area contributed by atoms with Gasteiger partial charge in [-0.25, -0.2) is 4.39 Å². The monoisotopic (exact) mass is 406 g/mol. The summed E-state index contributed by atoms with van der Waals surface area (Å²) in [5, 5.41) is 0. The molecule has 1 aliphatic rings. The third-order valence-electron chi connectivity index (χ3n) is 5.27. The topological polar surface area (TPSA) is 6.48 Å². The molecule has 3 rings (SSSR count). The van der Waals surface area contributed by atoms with Crippen molar-refractivity contribution in [2.75, 3.05) is 11.4 Å². The molecule has 1 aliphatic heterocycles. The van der Waals surface area contributed by atoms with Crippen LogP contribution in [0.4, 0.5) is 10.1 Å². The van der Waals surface area contributed by atoms with Crippen LogP contribution in [0.2, 0.25) is 0 Å². The first kappa shape index (κ1) is 23.5. The second kappa shape index (κ2) is 11.4. The zero-order chi connectivity index (χ0) is 22.1. The van der Waals surface area contributed by atoms with Crippen molar-refractivity contribution in [3.8, 4) is 0 Å². The van der Waals surface area contributed by atoms with Crippen LogP contribution in [0.3, 0.4) is 0 Å². The maximum Gasteiger partial charge on any atom is 0.123 e. The number of aryl methyl sites for hydroxylation is 1. The lowest BCUT2D eigenvalue weighted by molar-refractivity contribution is 0.427. The lowest BCUT2D eigenvalue weighted by Crippen LogP contribution is -2.20. The molecular weight excluding hydrogens is 371 g/mol. The standard InChI is InChI=1S/C25H29FN2.C2H6/c1-5-9-20-17-22(18-21-14-16-28(8-4)25(20)21)24(27(7-3)15-6-2)19-10-12-23(26)13-11-19;1-2/h6-8,10-13,15,17-18,24H,3-5,9,14,16H2,1-2H3;1-2H3/b15-6-;. The molecule has 0 radical (unpaired) electrons. The summed E-state index contributed by atoms with van der Waals surface area (Å²) in [6, 6.07) is 11.3. The molecule has 0 saturated carbocycles. The highest BCUT2D eigenvalue weighted by molar-refractivity contribution is 5.67. The maximum absolute atomic E-state index is 13.5. The van der Waals surface area contributed by atoms with Crippen LogP contribution in [-0.4, -0.2) is 11.4 Å². The number of allylic oxidation sites excluding steroid dienone is 1. The summed E-state index contributed by atoms with van der Waals surface area (Å²) in [6.45, 7) is 17.2. The number of nitrogens with zero attached hydrogens (tertiary/aromatic N) is 2. The first-order valence-corrected chi connectivity index (χ1v) is 11.0. The first-order chi connectivity index (χ1) is 14.6. The highest BCUT2D eigenvalue weighted by atomic mass is 19.1. The number of anilines is 1. The van der Waals surface area contributed by atoms with E-state index in [-0.39, 0.29) is 11.9 Å². The van der Waals surface area contributed by atoms with Gasteiger partial charge in [0.05, 0.1) is 6.04 Å². The smallest absolute Gasteiger partial charge is 0.123 e. The van der Waals surface area contributed by atoms with Crippen molar-refractivity contribution in [3.05, 3.63) is 102 Å². The summed E-state index contributed by atoms with van der Waals surface area (Å²) in [6.07, 6.45) is 10.9. The van der Waals surface area contributed by atoms with Crippen LogP contribution in [-0.2, 0) is 12.8 Å². The Labute approximate surface area is 182 Å². The molecule has 0 bridgehead atoms. The Kier molecular flexibility index (Phi) is 8.91. The van der Waals surface area contributed by atoms with E-state index in [2.05, 4.69) is 42.0 Å². The molecule has 0 spiro atoms. The molecule has 0 N–H and O–H groups in total. The summed E-state index contributed by atoms with van der Waals surface area (Å²) < 4.78 is 13.5. The number of benzene rings is 2. The fourth-order valence-corrected chi connectivity index (χ4v) is 4.11. The van der Waals surface area contributed by atoms with Crippen LogP contribution in [0.1, 0.15) is 62.4 Å². The third kappa shape index (κ3) is 5.02. The Balaban J connectivity index is 0.00000155. The van der Waals surface area contributed by atoms with Gasteiger partial charge < -0.3 is 9.80 Å². The lowest BCUT2D eigenvalue weighted by atomic mass is 9.91. The van der Waals surface area contributed by atoms with Gasteiger partial charge in [0.25, 0.3) is 0 Å². The molecule has 1 unspecified atom stereocenters. The lowest BCUT2D eigenvalue weighted by Gasteiger charge is -2.30. The first-order valence-electron chi connectivity index (χ1n) is 11.0. The van der Waals surface area contributed by atoms with E-state index in [1.165, 1.54) is 34.5 Å². The quantitative estimate of drug-likeness (QED) is 0.451. The van der Waals surface area contributed by atoms with Crippen molar-refractivity contribution >= 4 is 5.69 Å². The molecule has 160 valence electrons. The molecule has 0 amide bonds. The molecule has 0 saturated heterocycles. The third-order valence-corrected chi connectivity index (χ3v) is 5.27. The van der Waals surface area contributed by atoms with Crippen molar-refractivity contribution in [3.63, 3.8) is 0 Å². The van der Waals surface area contributed by atoms with E-state index in [1.54, 1.807) is 0 Å². The van der Waals surface area contributed by atoms with Crippen LogP contribution < -0.4 is 4.90 Å².